The minimum Gasteiger partial charge on any atom is -0.347 e. The Bertz CT molecular complexity index is 703. The molecule has 0 spiro atoms. The molecule has 4 aliphatic rings. The quantitative estimate of drug-likeness (QED) is 0.805. The average molecular weight is 361 g/mol. The predicted octanol–water partition coefficient (Wildman–Crippen LogP) is 3.63. The van der Waals surface area contributed by atoms with Crippen molar-refractivity contribution in [2.75, 3.05) is 11.9 Å². The molecule has 4 saturated carbocycles. The van der Waals surface area contributed by atoms with E-state index in [9.17, 15) is 9.59 Å². The summed E-state index contributed by atoms with van der Waals surface area (Å²) in [5.74, 6) is 0.982. The second-order valence-corrected chi connectivity index (χ2v) is 9.24. The Morgan fingerprint density at radius 2 is 1.84 bits per heavy atom. The molecule has 4 aliphatic carbocycles. The minimum atomic E-state index is -0.352. The van der Waals surface area contributed by atoms with Gasteiger partial charge in [0.1, 0.15) is 0 Å². The zero-order valence-corrected chi connectivity index (χ0v) is 15.4. The van der Waals surface area contributed by atoms with Gasteiger partial charge in [-0.1, -0.05) is 18.2 Å². The summed E-state index contributed by atoms with van der Waals surface area (Å²) in [6.45, 7) is 1.96. The lowest BCUT2D eigenvalue weighted by atomic mass is 9.49. The third-order valence-corrected chi connectivity index (χ3v) is 6.74. The highest BCUT2D eigenvalue weighted by Crippen LogP contribution is 2.63. The Balaban J connectivity index is 1.38. The van der Waals surface area contributed by atoms with Gasteiger partial charge in [0.2, 0.25) is 11.8 Å². The van der Waals surface area contributed by atoms with Crippen LogP contribution in [0.3, 0.4) is 0 Å². The number of aryl methyl sites for hydroxylation is 1. The summed E-state index contributed by atoms with van der Waals surface area (Å²) in [5.41, 5.74) is 1.44. The first kappa shape index (κ1) is 16.9. The highest BCUT2D eigenvalue weighted by atomic mass is 35.5. The topological polar surface area (TPSA) is 58.2 Å². The number of halogens is 1. The molecule has 0 heterocycles. The van der Waals surface area contributed by atoms with Crippen molar-refractivity contribution in [1.29, 1.82) is 0 Å². The normalized spacial score (nSPS) is 35.4. The second-order valence-electron chi connectivity index (χ2n) is 8.44. The van der Waals surface area contributed by atoms with E-state index < -0.39 is 0 Å². The summed E-state index contributed by atoms with van der Waals surface area (Å²) in [6, 6.07) is 7.63. The van der Waals surface area contributed by atoms with Gasteiger partial charge in [-0.05, 0) is 68.9 Å². The summed E-state index contributed by atoms with van der Waals surface area (Å²) in [5, 5.41) is 5.75. The molecule has 4 nitrogen and oxygen atoms in total. The number of amides is 2. The van der Waals surface area contributed by atoms with Crippen molar-refractivity contribution in [2.24, 2.45) is 17.3 Å². The fourth-order valence-electron chi connectivity index (χ4n) is 5.67. The number of hydrogen-bond donors (Lipinski definition) is 2. The third-order valence-electron chi connectivity index (χ3n) is 6.30. The number of carbonyl (C=O) groups excluding carboxylic acids is 2. The SMILES string of the molecule is Cc1ccccc1NC(=O)CNC(=O)C12CC3CC(CC(Cl)(C3)C1)C2. The van der Waals surface area contributed by atoms with Gasteiger partial charge in [-0.25, -0.2) is 0 Å². The van der Waals surface area contributed by atoms with Crippen LogP contribution < -0.4 is 10.6 Å². The summed E-state index contributed by atoms with van der Waals surface area (Å²) >= 11 is 6.79. The molecule has 0 saturated heterocycles. The van der Waals surface area contributed by atoms with Gasteiger partial charge in [-0.3, -0.25) is 9.59 Å². The first-order valence-corrected chi connectivity index (χ1v) is 9.58. The van der Waals surface area contributed by atoms with Gasteiger partial charge in [0.05, 0.1) is 12.0 Å². The molecular weight excluding hydrogens is 336 g/mol. The molecule has 5 rings (SSSR count). The number of benzene rings is 1. The fraction of sp³-hybridized carbons (Fsp3) is 0.600. The van der Waals surface area contributed by atoms with Crippen LogP contribution in [0.5, 0.6) is 0 Å². The molecule has 2 atom stereocenters. The monoisotopic (exact) mass is 360 g/mol. The Kier molecular flexibility index (Phi) is 4.06. The molecule has 1 aromatic rings. The Morgan fingerprint density at radius 1 is 1.16 bits per heavy atom. The summed E-state index contributed by atoms with van der Waals surface area (Å²) in [7, 11) is 0. The van der Waals surface area contributed by atoms with E-state index in [-0.39, 0.29) is 28.6 Å². The lowest BCUT2D eigenvalue weighted by Crippen LogP contribution is -2.58. The zero-order chi connectivity index (χ0) is 17.7. The number of rotatable bonds is 4. The lowest BCUT2D eigenvalue weighted by molar-refractivity contribution is -0.145. The predicted molar refractivity (Wildman–Crippen MR) is 98.5 cm³/mol. The van der Waals surface area contributed by atoms with E-state index in [2.05, 4.69) is 10.6 Å². The van der Waals surface area contributed by atoms with Crippen molar-refractivity contribution in [1.82, 2.24) is 5.32 Å². The Morgan fingerprint density at radius 3 is 2.48 bits per heavy atom. The van der Waals surface area contributed by atoms with Crippen molar-refractivity contribution >= 4 is 29.1 Å². The largest absolute Gasteiger partial charge is 0.347 e. The first-order chi connectivity index (χ1) is 11.9. The van der Waals surface area contributed by atoms with Gasteiger partial charge in [-0.15, -0.1) is 11.6 Å². The summed E-state index contributed by atoms with van der Waals surface area (Å²) in [6.07, 6.45) is 5.95. The van der Waals surface area contributed by atoms with Crippen LogP contribution in [0.4, 0.5) is 5.69 Å². The van der Waals surface area contributed by atoms with Crippen LogP contribution in [0.1, 0.15) is 44.1 Å². The molecule has 5 heteroatoms. The Hall–Kier alpha value is -1.55. The maximum atomic E-state index is 12.9. The van der Waals surface area contributed by atoms with E-state index >= 15 is 0 Å². The molecule has 134 valence electrons. The van der Waals surface area contributed by atoms with Gasteiger partial charge >= 0.3 is 0 Å². The summed E-state index contributed by atoms with van der Waals surface area (Å²) < 4.78 is 0. The summed E-state index contributed by atoms with van der Waals surface area (Å²) in [4.78, 5) is 24.9. The molecule has 2 N–H and O–H groups in total. The van der Waals surface area contributed by atoms with Gasteiger partial charge in [0.25, 0.3) is 0 Å². The van der Waals surface area contributed by atoms with Gasteiger partial charge in [-0.2, -0.15) is 0 Å². The average Bonchev–Trinajstić information content (AvgIpc) is 2.52. The van der Waals surface area contributed by atoms with Crippen LogP contribution in [-0.2, 0) is 9.59 Å². The maximum absolute atomic E-state index is 12.9. The molecule has 25 heavy (non-hydrogen) atoms. The minimum absolute atomic E-state index is 0.0134. The van der Waals surface area contributed by atoms with Gasteiger partial charge in [0.15, 0.2) is 0 Å². The van der Waals surface area contributed by atoms with Crippen molar-refractivity contribution in [2.45, 2.75) is 50.3 Å². The molecule has 0 radical (unpaired) electrons. The van der Waals surface area contributed by atoms with E-state index in [1.807, 2.05) is 31.2 Å². The van der Waals surface area contributed by atoms with Crippen molar-refractivity contribution in [3.05, 3.63) is 29.8 Å². The van der Waals surface area contributed by atoms with Gasteiger partial charge < -0.3 is 10.6 Å². The molecule has 2 unspecified atom stereocenters. The van der Waals surface area contributed by atoms with E-state index in [0.717, 1.165) is 43.4 Å². The van der Waals surface area contributed by atoms with E-state index in [1.54, 1.807) is 0 Å². The molecule has 4 fully saturated rings. The van der Waals surface area contributed by atoms with Crippen molar-refractivity contribution in [3.8, 4) is 0 Å². The highest BCUT2D eigenvalue weighted by Gasteiger charge is 2.60. The number of hydrogen-bond acceptors (Lipinski definition) is 2. The smallest absolute Gasteiger partial charge is 0.243 e. The Labute approximate surface area is 153 Å². The molecular formula is C20H25ClN2O2. The van der Waals surface area contributed by atoms with Gasteiger partial charge in [0, 0.05) is 10.6 Å². The number of alkyl halides is 1. The molecule has 0 aromatic heterocycles. The number of anilines is 1. The van der Waals surface area contributed by atoms with E-state index in [4.69, 9.17) is 11.6 Å². The molecule has 0 aliphatic heterocycles. The highest BCUT2D eigenvalue weighted by molar-refractivity contribution is 6.24. The number of carbonyl (C=O) groups is 2. The molecule has 2 amide bonds. The van der Waals surface area contributed by atoms with Crippen molar-refractivity contribution in [3.63, 3.8) is 0 Å². The fourth-order valence-corrected chi connectivity index (χ4v) is 6.36. The van der Waals surface area contributed by atoms with E-state index in [0.29, 0.717) is 11.8 Å². The maximum Gasteiger partial charge on any atom is 0.243 e. The van der Waals surface area contributed by atoms with E-state index in [1.165, 1.54) is 6.42 Å². The molecule has 1 aromatic carbocycles. The second kappa shape index (κ2) is 6.01. The number of nitrogens with one attached hydrogen (secondary N) is 2. The van der Waals surface area contributed by atoms with Crippen LogP contribution >= 0.6 is 11.6 Å². The lowest BCUT2D eigenvalue weighted by Gasteiger charge is -2.59. The van der Waals surface area contributed by atoms with Crippen LogP contribution in [0.15, 0.2) is 24.3 Å². The van der Waals surface area contributed by atoms with Crippen LogP contribution in [0, 0.1) is 24.2 Å². The van der Waals surface area contributed by atoms with Crippen LogP contribution in [0.25, 0.3) is 0 Å². The van der Waals surface area contributed by atoms with Crippen molar-refractivity contribution < 1.29 is 9.59 Å². The number of para-hydroxylation sites is 1. The third kappa shape index (κ3) is 3.17. The standard InChI is InChI=1S/C20H25ClN2O2/c1-13-4-2-3-5-16(13)23-17(24)11-22-18(25)19-7-14-6-15(8-19)10-20(21,9-14)12-19/h2-5,14-15H,6-12H2,1H3,(H,22,25)(H,23,24). The molecule has 4 bridgehead atoms. The van der Waals surface area contributed by atoms with Crippen LogP contribution in [0.2, 0.25) is 0 Å². The zero-order valence-electron chi connectivity index (χ0n) is 14.6. The first-order valence-electron chi connectivity index (χ1n) is 9.20. The van der Waals surface area contributed by atoms with Crippen LogP contribution in [-0.4, -0.2) is 23.2 Å².